The number of allylic oxidation sites excluding steroid dienone is 4. The van der Waals surface area contributed by atoms with Crippen LogP contribution in [0.3, 0.4) is 0 Å². The first kappa shape index (κ1) is 31.7. The van der Waals surface area contributed by atoms with E-state index in [0.29, 0.717) is 6.42 Å². The quantitative estimate of drug-likeness (QED) is 0.238. The molecule has 0 aromatic rings. The SMILES string of the molecule is [C-]#[N+]C1=C[C@]2(C)C3=CC(=O)[C@@H]4[C@@H]5CC(C)(C)CC[C@]5(CCC(=O)OC5CCCCC5)CC[C@@]4(C)[C@]3(C)CC[C@H]2C(C)(C)C1=O. The highest BCUT2D eigenvalue weighted by Crippen LogP contribution is 2.75. The second-order valence-corrected chi connectivity index (χ2v) is 17.8. The number of hydrogen-bond donors (Lipinski definition) is 0. The molecule has 7 atom stereocenters. The van der Waals surface area contributed by atoms with Gasteiger partial charge in [0.05, 0.1) is 6.57 Å². The lowest BCUT2D eigenvalue weighted by molar-refractivity contribution is -0.174. The van der Waals surface area contributed by atoms with Crippen LogP contribution >= 0.6 is 0 Å². The van der Waals surface area contributed by atoms with Crippen molar-refractivity contribution >= 4 is 17.5 Å². The topological polar surface area (TPSA) is 64.8 Å². The molecule has 0 saturated heterocycles. The van der Waals surface area contributed by atoms with Crippen LogP contribution in [-0.2, 0) is 19.1 Å². The highest BCUT2D eigenvalue weighted by Gasteiger charge is 2.69. The van der Waals surface area contributed by atoms with E-state index in [0.717, 1.165) is 82.6 Å². The lowest BCUT2D eigenvalue weighted by Gasteiger charge is -2.69. The second-order valence-electron chi connectivity index (χ2n) is 17.8. The lowest BCUT2D eigenvalue weighted by atomic mass is 9.34. The highest BCUT2D eigenvalue weighted by molar-refractivity contribution is 6.03. The molecule has 5 heteroatoms. The molecule has 4 saturated carbocycles. The molecule has 0 spiro atoms. The van der Waals surface area contributed by atoms with Gasteiger partial charge >= 0.3 is 5.97 Å². The van der Waals surface area contributed by atoms with Gasteiger partial charge in [-0.2, -0.15) is 0 Å². The molecule has 4 fully saturated rings. The molecule has 0 unspecified atom stereocenters. The van der Waals surface area contributed by atoms with Gasteiger partial charge in [-0.3, -0.25) is 9.59 Å². The van der Waals surface area contributed by atoms with Crippen LogP contribution in [0.15, 0.2) is 23.4 Å². The third-order valence-electron chi connectivity index (χ3n) is 14.7. The van der Waals surface area contributed by atoms with Gasteiger partial charge in [-0.25, -0.2) is 4.85 Å². The van der Waals surface area contributed by atoms with E-state index in [2.05, 4.69) is 39.5 Å². The standard InChI is InChI=1S/C39H55NO4/c1-34(2)18-20-39(17-15-31(42)44-25-12-10-9-11-13-25)21-19-38(7)32(26(39)23-34)28(41)22-30-36(5)24-27(40-8)33(43)35(3,4)29(36)14-16-37(30,38)6/h22,24-26,29,32H,9-21,23H2,1-7H3/t26-,29-,32-,36-,37+,38+,39+/m0/s1. The van der Waals surface area contributed by atoms with E-state index >= 15 is 0 Å². The number of fused-ring (bicyclic) bond motifs is 7. The molecule has 0 radical (unpaired) electrons. The Bertz CT molecular complexity index is 1360. The molecule has 44 heavy (non-hydrogen) atoms. The maximum Gasteiger partial charge on any atom is 0.306 e. The zero-order valence-electron chi connectivity index (χ0n) is 28.4. The van der Waals surface area contributed by atoms with Crippen LogP contribution in [0.4, 0.5) is 0 Å². The van der Waals surface area contributed by atoms with Gasteiger partial charge in [0.25, 0.3) is 0 Å². The monoisotopic (exact) mass is 601 g/mol. The third-order valence-corrected chi connectivity index (χ3v) is 14.7. The van der Waals surface area contributed by atoms with Gasteiger partial charge in [-0.05, 0) is 117 Å². The average Bonchev–Trinajstić information content (AvgIpc) is 2.96. The lowest BCUT2D eigenvalue weighted by Crippen LogP contribution is -2.64. The number of Topliss-reactive ketones (excluding diaryl/α,β-unsaturated/α-hetero) is 1. The van der Waals surface area contributed by atoms with Crippen molar-refractivity contribution in [3.8, 4) is 0 Å². The van der Waals surface area contributed by atoms with E-state index in [-0.39, 0.29) is 68.8 Å². The molecule has 6 rings (SSSR count). The van der Waals surface area contributed by atoms with Gasteiger partial charge in [0.15, 0.2) is 11.6 Å². The molecule has 0 N–H and O–H groups in total. The first-order valence-electron chi connectivity index (χ1n) is 17.6. The van der Waals surface area contributed by atoms with Gasteiger partial charge in [-0.15, -0.1) is 0 Å². The van der Waals surface area contributed by atoms with Crippen LogP contribution < -0.4 is 0 Å². The molecule has 0 heterocycles. The minimum atomic E-state index is -0.645. The van der Waals surface area contributed by atoms with E-state index in [1.54, 1.807) is 0 Å². The Hall–Kier alpha value is -2.22. The van der Waals surface area contributed by atoms with Crippen LogP contribution in [0.5, 0.6) is 0 Å². The number of carbonyl (C=O) groups excluding carboxylic acids is 3. The van der Waals surface area contributed by atoms with E-state index < -0.39 is 10.8 Å². The Labute approximate surface area is 265 Å². The fourth-order valence-electron chi connectivity index (χ4n) is 11.9. The normalized spacial score (nSPS) is 42.8. The third kappa shape index (κ3) is 4.54. The Balaban J connectivity index is 1.36. The molecule has 0 aliphatic heterocycles. The molecule has 0 aromatic carbocycles. The summed E-state index contributed by atoms with van der Waals surface area (Å²) in [6, 6.07) is 0. The molecule has 0 aromatic heterocycles. The van der Waals surface area contributed by atoms with E-state index in [9.17, 15) is 14.4 Å². The van der Waals surface area contributed by atoms with Crippen molar-refractivity contribution in [3.63, 3.8) is 0 Å². The van der Waals surface area contributed by atoms with Crippen molar-refractivity contribution in [2.24, 2.45) is 50.2 Å². The maximum absolute atomic E-state index is 14.7. The molecule has 6 aliphatic rings. The Morgan fingerprint density at radius 1 is 0.932 bits per heavy atom. The largest absolute Gasteiger partial charge is 0.462 e. The van der Waals surface area contributed by atoms with Gasteiger partial charge < -0.3 is 9.53 Å². The van der Waals surface area contributed by atoms with Crippen LogP contribution in [0.1, 0.15) is 138 Å². The number of carbonyl (C=O) groups is 3. The minimum absolute atomic E-state index is 0.0137. The van der Waals surface area contributed by atoms with Gasteiger partial charge in [-0.1, -0.05) is 66.5 Å². The summed E-state index contributed by atoms with van der Waals surface area (Å²) < 4.78 is 5.97. The number of esters is 1. The fraction of sp³-hybridized carbons (Fsp3) is 0.795. The van der Waals surface area contributed by atoms with Crippen molar-refractivity contribution in [2.75, 3.05) is 0 Å². The molecular weight excluding hydrogens is 546 g/mol. The second kappa shape index (κ2) is 10.4. The van der Waals surface area contributed by atoms with E-state index in [4.69, 9.17) is 11.3 Å². The van der Waals surface area contributed by atoms with Crippen molar-refractivity contribution in [1.82, 2.24) is 0 Å². The van der Waals surface area contributed by atoms with Gasteiger partial charge in [0.1, 0.15) is 6.10 Å². The summed E-state index contributed by atoms with van der Waals surface area (Å²) in [7, 11) is 0. The van der Waals surface area contributed by atoms with Crippen molar-refractivity contribution in [3.05, 3.63) is 34.8 Å². The Morgan fingerprint density at radius 2 is 1.61 bits per heavy atom. The molecule has 6 aliphatic carbocycles. The zero-order chi connectivity index (χ0) is 31.9. The molecular formula is C39H55NO4. The Morgan fingerprint density at radius 3 is 2.30 bits per heavy atom. The summed E-state index contributed by atoms with van der Waals surface area (Å²) in [6.45, 7) is 23.6. The number of nitrogens with zero attached hydrogens (tertiary/aromatic N) is 1. The highest BCUT2D eigenvalue weighted by atomic mass is 16.5. The first-order chi connectivity index (χ1) is 20.5. The number of rotatable bonds is 4. The summed E-state index contributed by atoms with van der Waals surface area (Å²) in [4.78, 5) is 44.9. The summed E-state index contributed by atoms with van der Waals surface area (Å²) in [5.74, 6) is 0.354. The number of hydrogen-bond acceptors (Lipinski definition) is 4. The molecule has 240 valence electrons. The summed E-state index contributed by atoms with van der Waals surface area (Å²) >= 11 is 0. The predicted molar refractivity (Wildman–Crippen MR) is 172 cm³/mol. The van der Waals surface area contributed by atoms with Gasteiger partial charge in [0.2, 0.25) is 5.70 Å². The predicted octanol–water partition coefficient (Wildman–Crippen LogP) is 9.22. The van der Waals surface area contributed by atoms with Crippen LogP contribution in [-0.4, -0.2) is 23.6 Å². The summed E-state index contributed by atoms with van der Waals surface area (Å²) in [5.41, 5.74) is -0.0364. The van der Waals surface area contributed by atoms with Crippen molar-refractivity contribution in [1.29, 1.82) is 0 Å². The van der Waals surface area contributed by atoms with E-state index in [1.165, 1.54) is 6.42 Å². The summed E-state index contributed by atoms with van der Waals surface area (Å²) in [5, 5.41) is 0. The van der Waals surface area contributed by atoms with E-state index in [1.807, 2.05) is 26.0 Å². The van der Waals surface area contributed by atoms with Gasteiger partial charge in [0, 0.05) is 23.2 Å². The maximum atomic E-state index is 14.7. The minimum Gasteiger partial charge on any atom is -0.462 e. The van der Waals surface area contributed by atoms with Crippen LogP contribution in [0, 0.1) is 56.8 Å². The van der Waals surface area contributed by atoms with Crippen molar-refractivity contribution < 1.29 is 19.1 Å². The van der Waals surface area contributed by atoms with Crippen LogP contribution in [0.25, 0.3) is 4.85 Å². The molecule has 0 amide bonds. The Kier molecular flexibility index (Phi) is 7.50. The van der Waals surface area contributed by atoms with Crippen molar-refractivity contribution in [2.45, 2.75) is 144 Å². The summed E-state index contributed by atoms with van der Waals surface area (Å²) in [6.07, 6.45) is 17.9. The fourth-order valence-corrected chi connectivity index (χ4v) is 11.9. The molecule has 0 bridgehead atoms. The zero-order valence-corrected chi connectivity index (χ0v) is 28.4. The number of ketones is 2. The van der Waals surface area contributed by atoms with Crippen LogP contribution in [0.2, 0.25) is 0 Å². The number of ether oxygens (including phenoxy) is 1. The average molecular weight is 602 g/mol. The first-order valence-corrected chi connectivity index (χ1v) is 17.6. The molecule has 5 nitrogen and oxygen atoms in total. The smallest absolute Gasteiger partial charge is 0.306 e.